The predicted molar refractivity (Wildman–Crippen MR) is 106 cm³/mol. The summed E-state index contributed by atoms with van der Waals surface area (Å²) in [7, 11) is 1.89. The zero-order valence-corrected chi connectivity index (χ0v) is 15.1. The predicted octanol–water partition coefficient (Wildman–Crippen LogP) is 3.92. The molecule has 0 aliphatic carbocycles. The van der Waals surface area contributed by atoms with Crippen LogP contribution in [0.25, 0.3) is 22.3 Å². The fourth-order valence-corrected chi connectivity index (χ4v) is 3.28. The van der Waals surface area contributed by atoms with Crippen LogP contribution in [0.3, 0.4) is 0 Å². The Kier molecular flexibility index (Phi) is 4.70. The number of aromatic nitrogens is 4. The first kappa shape index (κ1) is 17.0. The maximum atomic E-state index is 12.3. The van der Waals surface area contributed by atoms with E-state index in [4.69, 9.17) is 0 Å². The first-order valence-corrected chi connectivity index (χ1v) is 9.00. The molecule has 2 heterocycles. The summed E-state index contributed by atoms with van der Waals surface area (Å²) in [5.74, 6) is 0.787. The normalized spacial score (nSPS) is 11.0. The Balaban J connectivity index is 1.35. The first-order chi connectivity index (χ1) is 13.2. The minimum absolute atomic E-state index is 0.0185. The molecule has 0 aliphatic rings. The summed E-state index contributed by atoms with van der Waals surface area (Å²) in [6.45, 7) is 0. The van der Waals surface area contributed by atoms with E-state index < -0.39 is 0 Å². The largest absolute Gasteiger partial charge is 0.361 e. The van der Waals surface area contributed by atoms with Crippen molar-refractivity contribution in [1.29, 1.82) is 0 Å². The molecule has 0 radical (unpaired) electrons. The van der Waals surface area contributed by atoms with E-state index in [9.17, 15) is 4.79 Å². The van der Waals surface area contributed by atoms with Crippen molar-refractivity contribution in [3.63, 3.8) is 0 Å². The van der Waals surface area contributed by atoms with Crippen LogP contribution in [0.15, 0.2) is 61.1 Å². The molecule has 0 unspecified atom stereocenters. The van der Waals surface area contributed by atoms with Crippen molar-refractivity contribution in [2.45, 2.75) is 19.3 Å². The Morgan fingerprint density at radius 1 is 1.19 bits per heavy atom. The van der Waals surface area contributed by atoms with Gasteiger partial charge < -0.3 is 14.9 Å². The standard InChI is InChI=1S/C21H21N5O/c1-26-14-23-25-21(26)15-6-4-8-17(12-15)24-20(27)11-5-7-16-13-22-19-10-3-2-9-18(16)19/h2-4,6,8-10,12-14,22H,5,7,11H2,1H3,(H,24,27). The lowest BCUT2D eigenvalue weighted by Crippen LogP contribution is -2.11. The van der Waals surface area contributed by atoms with Crippen molar-refractivity contribution in [1.82, 2.24) is 19.7 Å². The Morgan fingerprint density at radius 3 is 2.93 bits per heavy atom. The maximum Gasteiger partial charge on any atom is 0.224 e. The lowest BCUT2D eigenvalue weighted by Gasteiger charge is -2.07. The molecular formula is C21H21N5O. The van der Waals surface area contributed by atoms with Gasteiger partial charge >= 0.3 is 0 Å². The average Bonchev–Trinajstić information content (AvgIpc) is 3.28. The van der Waals surface area contributed by atoms with Crippen LogP contribution in [0.1, 0.15) is 18.4 Å². The van der Waals surface area contributed by atoms with Crippen molar-refractivity contribution >= 4 is 22.5 Å². The van der Waals surface area contributed by atoms with E-state index in [-0.39, 0.29) is 5.91 Å². The van der Waals surface area contributed by atoms with Crippen molar-refractivity contribution in [2.75, 3.05) is 5.32 Å². The minimum Gasteiger partial charge on any atom is -0.361 e. The van der Waals surface area contributed by atoms with E-state index in [0.717, 1.165) is 35.4 Å². The van der Waals surface area contributed by atoms with Crippen LogP contribution in [-0.2, 0) is 18.3 Å². The third-order valence-corrected chi connectivity index (χ3v) is 4.64. The molecular weight excluding hydrogens is 338 g/mol. The number of aromatic amines is 1. The van der Waals surface area contributed by atoms with Gasteiger partial charge in [-0.15, -0.1) is 10.2 Å². The van der Waals surface area contributed by atoms with Crippen LogP contribution < -0.4 is 5.32 Å². The Morgan fingerprint density at radius 2 is 2.07 bits per heavy atom. The van der Waals surface area contributed by atoms with Crippen molar-refractivity contribution in [3.8, 4) is 11.4 Å². The molecule has 0 saturated heterocycles. The molecule has 0 aliphatic heterocycles. The Bertz CT molecular complexity index is 1080. The minimum atomic E-state index is 0.0185. The van der Waals surface area contributed by atoms with E-state index >= 15 is 0 Å². The zero-order valence-electron chi connectivity index (χ0n) is 15.1. The highest BCUT2D eigenvalue weighted by Gasteiger charge is 2.08. The maximum absolute atomic E-state index is 12.3. The molecule has 0 bridgehead atoms. The molecule has 27 heavy (non-hydrogen) atoms. The molecule has 4 rings (SSSR count). The summed E-state index contributed by atoms with van der Waals surface area (Å²) >= 11 is 0. The third kappa shape index (κ3) is 3.74. The van der Waals surface area contributed by atoms with E-state index in [1.54, 1.807) is 6.33 Å². The fraction of sp³-hybridized carbons (Fsp3) is 0.190. The number of hydrogen-bond donors (Lipinski definition) is 2. The van der Waals surface area contributed by atoms with Crippen LogP contribution in [-0.4, -0.2) is 25.7 Å². The molecule has 0 fully saturated rings. The van der Waals surface area contributed by atoms with E-state index in [0.29, 0.717) is 6.42 Å². The number of carbonyl (C=O) groups is 1. The number of H-pyrrole nitrogens is 1. The quantitative estimate of drug-likeness (QED) is 0.548. The molecule has 0 saturated carbocycles. The van der Waals surface area contributed by atoms with E-state index in [1.807, 2.05) is 54.2 Å². The summed E-state index contributed by atoms with van der Waals surface area (Å²) in [6, 6.07) is 15.9. The average molecular weight is 359 g/mol. The number of fused-ring (bicyclic) bond motifs is 1. The van der Waals surface area contributed by atoms with Crippen LogP contribution >= 0.6 is 0 Å². The van der Waals surface area contributed by atoms with Gasteiger partial charge in [0.25, 0.3) is 0 Å². The highest BCUT2D eigenvalue weighted by molar-refractivity contribution is 5.91. The monoisotopic (exact) mass is 359 g/mol. The fourth-order valence-electron chi connectivity index (χ4n) is 3.28. The second kappa shape index (κ2) is 7.45. The molecule has 6 nitrogen and oxygen atoms in total. The number of carbonyl (C=O) groups excluding carboxylic acids is 1. The second-order valence-corrected chi connectivity index (χ2v) is 6.61. The number of rotatable bonds is 6. The van der Waals surface area contributed by atoms with Crippen LogP contribution in [0.5, 0.6) is 0 Å². The van der Waals surface area contributed by atoms with Gasteiger partial charge in [-0.2, -0.15) is 0 Å². The van der Waals surface area contributed by atoms with Gasteiger partial charge in [0.15, 0.2) is 5.82 Å². The lowest BCUT2D eigenvalue weighted by atomic mass is 10.1. The van der Waals surface area contributed by atoms with E-state index in [1.165, 1.54) is 10.9 Å². The summed E-state index contributed by atoms with van der Waals surface area (Å²) in [4.78, 5) is 15.6. The number of nitrogens with one attached hydrogen (secondary N) is 2. The van der Waals surface area contributed by atoms with Gasteiger partial charge in [-0.3, -0.25) is 4.79 Å². The smallest absolute Gasteiger partial charge is 0.224 e. The highest BCUT2D eigenvalue weighted by atomic mass is 16.1. The topological polar surface area (TPSA) is 75.6 Å². The SMILES string of the molecule is Cn1cnnc1-c1cccc(NC(=O)CCCc2c[nH]c3ccccc23)c1. The summed E-state index contributed by atoms with van der Waals surface area (Å²) in [5.41, 5.74) is 4.08. The van der Waals surface area contributed by atoms with Crippen LogP contribution in [0.4, 0.5) is 5.69 Å². The molecule has 2 aromatic heterocycles. The number of nitrogens with zero attached hydrogens (tertiary/aromatic N) is 3. The van der Waals surface area contributed by atoms with Gasteiger partial charge in [0.1, 0.15) is 6.33 Å². The van der Waals surface area contributed by atoms with Gasteiger partial charge in [0.05, 0.1) is 0 Å². The Hall–Kier alpha value is -3.41. The number of para-hydroxylation sites is 1. The Labute approximate surface area is 157 Å². The number of hydrogen-bond acceptors (Lipinski definition) is 3. The molecule has 0 atom stereocenters. The number of anilines is 1. The van der Waals surface area contributed by atoms with Crippen molar-refractivity contribution in [3.05, 3.63) is 66.6 Å². The second-order valence-electron chi connectivity index (χ2n) is 6.61. The number of aryl methyl sites for hydroxylation is 2. The van der Waals surface area contributed by atoms with Gasteiger partial charge in [0, 0.05) is 41.8 Å². The van der Waals surface area contributed by atoms with Crippen LogP contribution in [0, 0.1) is 0 Å². The van der Waals surface area contributed by atoms with Gasteiger partial charge in [-0.05, 0) is 36.6 Å². The van der Waals surface area contributed by atoms with Crippen molar-refractivity contribution in [2.24, 2.45) is 7.05 Å². The molecule has 0 spiro atoms. The van der Waals surface area contributed by atoms with Gasteiger partial charge in [0.2, 0.25) is 5.91 Å². The highest BCUT2D eigenvalue weighted by Crippen LogP contribution is 2.21. The van der Waals surface area contributed by atoms with Crippen molar-refractivity contribution < 1.29 is 4.79 Å². The zero-order chi connectivity index (χ0) is 18.6. The van der Waals surface area contributed by atoms with Gasteiger partial charge in [-0.25, -0.2) is 0 Å². The van der Waals surface area contributed by atoms with E-state index in [2.05, 4.69) is 32.6 Å². The lowest BCUT2D eigenvalue weighted by molar-refractivity contribution is -0.116. The summed E-state index contributed by atoms with van der Waals surface area (Å²) < 4.78 is 1.85. The summed E-state index contributed by atoms with van der Waals surface area (Å²) in [6.07, 6.45) is 5.85. The molecule has 2 aromatic carbocycles. The first-order valence-electron chi connectivity index (χ1n) is 9.00. The molecule has 2 N–H and O–H groups in total. The molecule has 4 aromatic rings. The molecule has 1 amide bonds. The van der Waals surface area contributed by atoms with Gasteiger partial charge in [-0.1, -0.05) is 30.3 Å². The third-order valence-electron chi connectivity index (χ3n) is 4.64. The molecule has 136 valence electrons. The van der Waals surface area contributed by atoms with Crippen LogP contribution in [0.2, 0.25) is 0 Å². The molecule has 6 heteroatoms. The summed E-state index contributed by atoms with van der Waals surface area (Å²) in [5, 5.41) is 12.2. The number of benzene rings is 2. The number of amides is 1.